The zero-order chi connectivity index (χ0) is 26.9. The molecule has 2 heteroatoms. The lowest BCUT2D eigenvalue weighted by Crippen LogP contribution is -1.98. The number of esters is 1. The van der Waals surface area contributed by atoms with E-state index in [4.69, 9.17) is 4.74 Å². The molecule has 0 aromatic heterocycles. The molecule has 0 N–H and O–H groups in total. The standard InChI is InChI=1S/C35H66O2/c1-3-5-7-9-11-13-15-17-19-21-23-25-27-29-31-33-35(36)37-34-32-30-28-26-24-22-20-18-16-14-12-10-8-6-4-2/h13,15,32,34H,3-12,14,16-31,33H2,1-2H3. The summed E-state index contributed by atoms with van der Waals surface area (Å²) in [5.74, 6) is -0.0666. The molecule has 0 aromatic rings. The SMILES string of the molecule is CCCCCCC=CCCCCCCCCCC(=O)OC=CCCCCCCCCCCCCCCC. The number of carbonyl (C=O) groups is 1. The molecule has 37 heavy (non-hydrogen) atoms. The average molecular weight is 519 g/mol. The molecule has 0 unspecified atom stereocenters. The molecule has 0 saturated heterocycles. The Balaban J connectivity index is 3.25. The Morgan fingerprint density at radius 2 is 0.757 bits per heavy atom. The van der Waals surface area contributed by atoms with Crippen LogP contribution in [0.5, 0.6) is 0 Å². The molecular weight excluding hydrogens is 452 g/mol. The first-order chi connectivity index (χ1) is 18.3. The minimum atomic E-state index is -0.0666. The van der Waals surface area contributed by atoms with E-state index in [-0.39, 0.29) is 5.97 Å². The van der Waals surface area contributed by atoms with Gasteiger partial charge in [-0.15, -0.1) is 0 Å². The van der Waals surface area contributed by atoms with Crippen molar-refractivity contribution >= 4 is 5.97 Å². The maximum absolute atomic E-state index is 11.8. The van der Waals surface area contributed by atoms with Gasteiger partial charge in [0.2, 0.25) is 0 Å². The van der Waals surface area contributed by atoms with Crippen molar-refractivity contribution in [3.05, 3.63) is 24.5 Å². The molecule has 0 saturated carbocycles. The molecule has 2 nitrogen and oxygen atoms in total. The number of ether oxygens (including phenoxy) is 1. The number of unbranched alkanes of at least 4 members (excludes halogenated alkanes) is 24. The van der Waals surface area contributed by atoms with Gasteiger partial charge >= 0.3 is 5.97 Å². The van der Waals surface area contributed by atoms with Crippen molar-refractivity contribution in [3.63, 3.8) is 0 Å². The Morgan fingerprint density at radius 1 is 0.432 bits per heavy atom. The van der Waals surface area contributed by atoms with E-state index in [0.717, 1.165) is 19.3 Å². The van der Waals surface area contributed by atoms with Crippen LogP contribution in [0, 0.1) is 0 Å². The van der Waals surface area contributed by atoms with Crippen LogP contribution in [-0.2, 0) is 9.53 Å². The van der Waals surface area contributed by atoms with Gasteiger partial charge in [-0.05, 0) is 51.0 Å². The molecule has 0 fully saturated rings. The number of carbonyl (C=O) groups excluding carboxylic acids is 1. The smallest absolute Gasteiger partial charge is 0.310 e. The monoisotopic (exact) mass is 519 g/mol. The summed E-state index contributed by atoms with van der Waals surface area (Å²) in [5.41, 5.74) is 0. The van der Waals surface area contributed by atoms with Crippen molar-refractivity contribution in [2.45, 2.75) is 194 Å². The lowest BCUT2D eigenvalue weighted by atomic mass is 10.0. The third-order valence-electron chi connectivity index (χ3n) is 7.41. The third-order valence-corrected chi connectivity index (χ3v) is 7.41. The Morgan fingerprint density at radius 3 is 1.19 bits per heavy atom. The van der Waals surface area contributed by atoms with E-state index in [2.05, 4.69) is 26.0 Å². The topological polar surface area (TPSA) is 26.3 Å². The summed E-state index contributed by atoms with van der Waals surface area (Å²) < 4.78 is 5.25. The van der Waals surface area contributed by atoms with Crippen LogP contribution >= 0.6 is 0 Å². The number of hydrogen-bond acceptors (Lipinski definition) is 2. The summed E-state index contributed by atoms with van der Waals surface area (Å²) in [6, 6.07) is 0. The van der Waals surface area contributed by atoms with Gasteiger partial charge in [-0.3, -0.25) is 4.79 Å². The van der Waals surface area contributed by atoms with Crippen molar-refractivity contribution < 1.29 is 9.53 Å². The first kappa shape index (κ1) is 35.9. The minimum Gasteiger partial charge on any atom is -0.435 e. The Hall–Kier alpha value is -1.05. The van der Waals surface area contributed by atoms with Crippen molar-refractivity contribution in [2.24, 2.45) is 0 Å². The summed E-state index contributed by atoms with van der Waals surface area (Å²) in [6.45, 7) is 4.55. The molecule has 0 rings (SSSR count). The highest BCUT2D eigenvalue weighted by atomic mass is 16.5. The fourth-order valence-electron chi connectivity index (χ4n) is 4.87. The first-order valence-corrected chi connectivity index (χ1v) is 16.8. The second-order valence-electron chi connectivity index (χ2n) is 11.2. The third kappa shape index (κ3) is 32.9. The molecular formula is C35H66O2. The minimum absolute atomic E-state index is 0.0666. The van der Waals surface area contributed by atoms with Crippen LogP contribution in [0.25, 0.3) is 0 Å². The highest BCUT2D eigenvalue weighted by molar-refractivity contribution is 5.69. The van der Waals surface area contributed by atoms with Crippen LogP contribution in [-0.4, -0.2) is 5.97 Å². The van der Waals surface area contributed by atoms with Gasteiger partial charge < -0.3 is 4.74 Å². The van der Waals surface area contributed by atoms with Gasteiger partial charge in [0.05, 0.1) is 6.26 Å². The van der Waals surface area contributed by atoms with Crippen molar-refractivity contribution in [1.29, 1.82) is 0 Å². The Kier molecular flexibility index (Phi) is 32.0. The highest BCUT2D eigenvalue weighted by Gasteiger charge is 2.00. The highest BCUT2D eigenvalue weighted by Crippen LogP contribution is 2.14. The summed E-state index contributed by atoms with van der Waals surface area (Å²) in [4.78, 5) is 11.8. The molecule has 0 aliphatic carbocycles. The first-order valence-electron chi connectivity index (χ1n) is 16.8. The van der Waals surface area contributed by atoms with E-state index in [9.17, 15) is 4.79 Å². The molecule has 0 heterocycles. The molecule has 0 aliphatic rings. The summed E-state index contributed by atoms with van der Waals surface area (Å²) in [5, 5.41) is 0. The molecule has 0 aromatic carbocycles. The lowest BCUT2D eigenvalue weighted by molar-refractivity contribution is -0.138. The van der Waals surface area contributed by atoms with Crippen LogP contribution in [0.2, 0.25) is 0 Å². The molecule has 0 aliphatic heterocycles. The van der Waals surface area contributed by atoms with E-state index in [1.54, 1.807) is 6.26 Å². The van der Waals surface area contributed by atoms with E-state index in [0.29, 0.717) is 6.42 Å². The van der Waals surface area contributed by atoms with E-state index >= 15 is 0 Å². The van der Waals surface area contributed by atoms with E-state index in [1.807, 2.05) is 6.08 Å². The largest absolute Gasteiger partial charge is 0.435 e. The van der Waals surface area contributed by atoms with Gasteiger partial charge in [0.25, 0.3) is 0 Å². The average Bonchev–Trinajstić information content (AvgIpc) is 2.90. The lowest BCUT2D eigenvalue weighted by Gasteiger charge is -2.03. The fourth-order valence-corrected chi connectivity index (χ4v) is 4.87. The predicted octanol–water partition coefficient (Wildman–Crippen LogP) is 12.6. The fraction of sp³-hybridized carbons (Fsp3) is 0.857. The second kappa shape index (κ2) is 33.0. The van der Waals surface area contributed by atoms with Gasteiger partial charge in [-0.1, -0.05) is 154 Å². The van der Waals surface area contributed by atoms with Crippen LogP contribution in [0.3, 0.4) is 0 Å². The second-order valence-corrected chi connectivity index (χ2v) is 11.2. The van der Waals surface area contributed by atoms with Gasteiger partial charge in [0.1, 0.15) is 0 Å². The summed E-state index contributed by atoms with van der Waals surface area (Å²) in [6.07, 6.45) is 44.6. The molecule has 0 bridgehead atoms. The Labute approximate surface area is 233 Å². The number of allylic oxidation sites excluding steroid dienone is 3. The molecule has 0 amide bonds. The maximum atomic E-state index is 11.8. The zero-order valence-corrected chi connectivity index (χ0v) is 25.4. The number of hydrogen-bond donors (Lipinski definition) is 0. The quantitative estimate of drug-likeness (QED) is 0.0409. The van der Waals surface area contributed by atoms with Crippen molar-refractivity contribution in [2.75, 3.05) is 0 Å². The Bertz CT molecular complexity index is 493. The number of rotatable bonds is 30. The normalized spacial score (nSPS) is 11.7. The predicted molar refractivity (Wildman–Crippen MR) is 165 cm³/mol. The van der Waals surface area contributed by atoms with Gasteiger partial charge in [0, 0.05) is 6.42 Å². The van der Waals surface area contributed by atoms with Crippen LogP contribution < -0.4 is 0 Å². The van der Waals surface area contributed by atoms with Crippen LogP contribution in [0.1, 0.15) is 194 Å². The van der Waals surface area contributed by atoms with Crippen molar-refractivity contribution in [1.82, 2.24) is 0 Å². The van der Waals surface area contributed by atoms with Gasteiger partial charge in [0.15, 0.2) is 0 Å². The summed E-state index contributed by atoms with van der Waals surface area (Å²) in [7, 11) is 0. The maximum Gasteiger partial charge on any atom is 0.310 e. The summed E-state index contributed by atoms with van der Waals surface area (Å²) >= 11 is 0. The molecule has 218 valence electrons. The van der Waals surface area contributed by atoms with Gasteiger partial charge in [-0.25, -0.2) is 0 Å². The molecule has 0 spiro atoms. The van der Waals surface area contributed by atoms with Crippen molar-refractivity contribution in [3.8, 4) is 0 Å². The van der Waals surface area contributed by atoms with Gasteiger partial charge in [-0.2, -0.15) is 0 Å². The van der Waals surface area contributed by atoms with Crippen LogP contribution in [0.15, 0.2) is 24.5 Å². The van der Waals surface area contributed by atoms with E-state index in [1.165, 1.54) is 154 Å². The molecule has 0 radical (unpaired) electrons. The van der Waals surface area contributed by atoms with E-state index < -0.39 is 0 Å². The zero-order valence-electron chi connectivity index (χ0n) is 25.4. The van der Waals surface area contributed by atoms with Crippen LogP contribution in [0.4, 0.5) is 0 Å². The molecule has 0 atom stereocenters.